The SMILES string of the molecule is CCCOCc1ccnc(C(=N)N)c1. The Balaban J connectivity index is 2.59. The Bertz CT molecular complexity index is 312. The highest BCUT2D eigenvalue weighted by Crippen LogP contribution is 2.03. The Morgan fingerprint density at radius 3 is 3.07 bits per heavy atom. The largest absolute Gasteiger partial charge is 0.382 e. The molecule has 1 aromatic rings. The normalized spacial score (nSPS) is 10.1. The first-order chi connectivity index (χ1) is 6.74. The lowest BCUT2D eigenvalue weighted by molar-refractivity contribution is 0.121. The van der Waals surface area contributed by atoms with Crippen molar-refractivity contribution < 1.29 is 4.74 Å². The van der Waals surface area contributed by atoms with Crippen molar-refractivity contribution in [2.75, 3.05) is 6.61 Å². The summed E-state index contributed by atoms with van der Waals surface area (Å²) in [5.74, 6) is -0.0117. The predicted octanol–water partition coefficient (Wildman–Crippen LogP) is 1.29. The van der Waals surface area contributed by atoms with E-state index in [-0.39, 0.29) is 5.84 Å². The minimum absolute atomic E-state index is 0.0117. The molecule has 4 heteroatoms. The number of hydrogen-bond donors (Lipinski definition) is 2. The van der Waals surface area contributed by atoms with Crippen LogP contribution in [0.4, 0.5) is 0 Å². The van der Waals surface area contributed by atoms with E-state index in [1.54, 1.807) is 12.3 Å². The van der Waals surface area contributed by atoms with E-state index in [0.717, 1.165) is 18.6 Å². The van der Waals surface area contributed by atoms with Crippen LogP contribution in [0.1, 0.15) is 24.6 Å². The van der Waals surface area contributed by atoms with Gasteiger partial charge in [0.25, 0.3) is 0 Å². The van der Waals surface area contributed by atoms with E-state index in [4.69, 9.17) is 15.9 Å². The lowest BCUT2D eigenvalue weighted by Crippen LogP contribution is -2.13. The van der Waals surface area contributed by atoms with E-state index in [9.17, 15) is 0 Å². The molecule has 4 nitrogen and oxygen atoms in total. The van der Waals surface area contributed by atoms with Crippen molar-refractivity contribution in [3.8, 4) is 0 Å². The van der Waals surface area contributed by atoms with Crippen molar-refractivity contribution >= 4 is 5.84 Å². The van der Waals surface area contributed by atoms with E-state index in [1.807, 2.05) is 6.07 Å². The van der Waals surface area contributed by atoms with Gasteiger partial charge < -0.3 is 10.5 Å². The Morgan fingerprint density at radius 2 is 2.43 bits per heavy atom. The fourth-order valence-electron chi connectivity index (χ4n) is 1.05. The molecule has 0 radical (unpaired) electrons. The highest BCUT2D eigenvalue weighted by molar-refractivity contribution is 5.93. The molecule has 0 amide bonds. The number of nitrogens with one attached hydrogen (secondary N) is 1. The first kappa shape index (κ1) is 10.7. The van der Waals surface area contributed by atoms with Crippen molar-refractivity contribution in [1.29, 1.82) is 5.41 Å². The zero-order valence-corrected chi connectivity index (χ0v) is 8.29. The molecule has 0 aromatic carbocycles. The Kier molecular flexibility index (Phi) is 4.07. The molecule has 0 saturated carbocycles. The van der Waals surface area contributed by atoms with Gasteiger partial charge in [-0.1, -0.05) is 6.92 Å². The molecule has 0 unspecified atom stereocenters. The Hall–Kier alpha value is -1.42. The molecular formula is C10H15N3O. The number of amidine groups is 1. The van der Waals surface area contributed by atoms with Gasteiger partial charge in [-0.3, -0.25) is 10.4 Å². The molecule has 0 saturated heterocycles. The lowest BCUT2D eigenvalue weighted by Gasteiger charge is -2.03. The third kappa shape index (κ3) is 3.14. The Labute approximate surface area is 83.6 Å². The summed E-state index contributed by atoms with van der Waals surface area (Å²) in [7, 11) is 0. The number of nitrogen functional groups attached to an aromatic ring is 1. The van der Waals surface area contributed by atoms with E-state index < -0.39 is 0 Å². The standard InChI is InChI=1S/C10H15N3O/c1-2-5-14-7-8-3-4-13-9(6-8)10(11)12/h3-4,6H,2,5,7H2,1H3,(H3,11,12). The van der Waals surface area contributed by atoms with E-state index >= 15 is 0 Å². The first-order valence-corrected chi connectivity index (χ1v) is 4.61. The first-order valence-electron chi connectivity index (χ1n) is 4.61. The number of hydrogen-bond acceptors (Lipinski definition) is 3. The molecule has 0 spiro atoms. The van der Waals surface area contributed by atoms with E-state index in [0.29, 0.717) is 12.3 Å². The van der Waals surface area contributed by atoms with Gasteiger partial charge in [-0.25, -0.2) is 0 Å². The third-order valence-electron chi connectivity index (χ3n) is 1.72. The van der Waals surface area contributed by atoms with Crippen LogP contribution in [0.5, 0.6) is 0 Å². The van der Waals surface area contributed by atoms with Crippen LogP contribution in [0.25, 0.3) is 0 Å². The minimum Gasteiger partial charge on any atom is -0.382 e. The molecule has 0 aliphatic carbocycles. The van der Waals surface area contributed by atoms with Gasteiger partial charge in [0.1, 0.15) is 11.5 Å². The van der Waals surface area contributed by atoms with Gasteiger partial charge in [0.15, 0.2) is 0 Å². The van der Waals surface area contributed by atoms with Crippen LogP contribution >= 0.6 is 0 Å². The summed E-state index contributed by atoms with van der Waals surface area (Å²) in [4.78, 5) is 3.96. The smallest absolute Gasteiger partial charge is 0.141 e. The average molecular weight is 193 g/mol. The van der Waals surface area contributed by atoms with Gasteiger partial charge in [0.05, 0.1) is 6.61 Å². The molecule has 1 rings (SSSR count). The summed E-state index contributed by atoms with van der Waals surface area (Å²) >= 11 is 0. The van der Waals surface area contributed by atoms with Gasteiger partial charge in [0, 0.05) is 12.8 Å². The van der Waals surface area contributed by atoms with Crippen molar-refractivity contribution in [2.24, 2.45) is 5.73 Å². The van der Waals surface area contributed by atoms with Crippen LogP contribution in [-0.2, 0) is 11.3 Å². The van der Waals surface area contributed by atoms with Crippen molar-refractivity contribution in [3.63, 3.8) is 0 Å². The molecule has 0 fully saturated rings. The van der Waals surface area contributed by atoms with Gasteiger partial charge in [-0.2, -0.15) is 0 Å². The zero-order valence-electron chi connectivity index (χ0n) is 8.29. The Morgan fingerprint density at radius 1 is 1.64 bits per heavy atom. The van der Waals surface area contributed by atoms with E-state index in [2.05, 4.69) is 11.9 Å². The van der Waals surface area contributed by atoms with E-state index in [1.165, 1.54) is 0 Å². The van der Waals surface area contributed by atoms with Crippen molar-refractivity contribution in [2.45, 2.75) is 20.0 Å². The second-order valence-electron chi connectivity index (χ2n) is 3.02. The summed E-state index contributed by atoms with van der Waals surface area (Å²) in [5, 5.41) is 7.22. The monoisotopic (exact) mass is 193 g/mol. The molecule has 1 aromatic heterocycles. The summed E-state index contributed by atoms with van der Waals surface area (Å²) in [6.45, 7) is 3.36. The van der Waals surface area contributed by atoms with Gasteiger partial charge in [-0.05, 0) is 24.1 Å². The van der Waals surface area contributed by atoms with Crippen molar-refractivity contribution in [3.05, 3.63) is 29.6 Å². The van der Waals surface area contributed by atoms with Gasteiger partial charge >= 0.3 is 0 Å². The van der Waals surface area contributed by atoms with Crippen LogP contribution in [0.15, 0.2) is 18.3 Å². The number of pyridine rings is 1. The summed E-state index contributed by atoms with van der Waals surface area (Å²) in [5.41, 5.74) is 6.82. The number of ether oxygens (including phenoxy) is 1. The average Bonchev–Trinajstić information content (AvgIpc) is 2.19. The third-order valence-corrected chi connectivity index (χ3v) is 1.72. The topological polar surface area (TPSA) is 72.0 Å². The maximum atomic E-state index is 7.22. The summed E-state index contributed by atoms with van der Waals surface area (Å²) < 4.78 is 5.36. The zero-order chi connectivity index (χ0) is 10.4. The summed E-state index contributed by atoms with van der Waals surface area (Å²) in [6, 6.07) is 3.64. The van der Waals surface area contributed by atoms with Crippen LogP contribution in [-0.4, -0.2) is 17.4 Å². The maximum absolute atomic E-state index is 7.22. The highest BCUT2D eigenvalue weighted by atomic mass is 16.5. The number of rotatable bonds is 5. The fraction of sp³-hybridized carbons (Fsp3) is 0.400. The van der Waals surface area contributed by atoms with Gasteiger partial charge in [-0.15, -0.1) is 0 Å². The molecule has 1 heterocycles. The van der Waals surface area contributed by atoms with Crippen LogP contribution in [0.2, 0.25) is 0 Å². The molecule has 76 valence electrons. The maximum Gasteiger partial charge on any atom is 0.141 e. The predicted molar refractivity (Wildman–Crippen MR) is 55.2 cm³/mol. The number of nitrogens with zero attached hydrogens (tertiary/aromatic N) is 1. The molecule has 0 aliphatic heterocycles. The summed E-state index contributed by atoms with van der Waals surface area (Å²) in [6.07, 6.45) is 2.64. The van der Waals surface area contributed by atoms with Gasteiger partial charge in [0.2, 0.25) is 0 Å². The van der Waals surface area contributed by atoms with Crippen LogP contribution < -0.4 is 5.73 Å². The minimum atomic E-state index is -0.0117. The van der Waals surface area contributed by atoms with Crippen LogP contribution in [0, 0.1) is 5.41 Å². The quantitative estimate of drug-likeness (QED) is 0.420. The fourth-order valence-corrected chi connectivity index (χ4v) is 1.05. The molecule has 0 aliphatic rings. The molecule has 0 atom stereocenters. The number of nitrogens with two attached hydrogens (primary N) is 1. The second-order valence-corrected chi connectivity index (χ2v) is 3.02. The molecule has 3 N–H and O–H groups in total. The van der Waals surface area contributed by atoms with Crippen LogP contribution in [0.3, 0.4) is 0 Å². The highest BCUT2D eigenvalue weighted by Gasteiger charge is 1.99. The number of aromatic nitrogens is 1. The second kappa shape index (κ2) is 5.34. The van der Waals surface area contributed by atoms with Crippen molar-refractivity contribution in [1.82, 2.24) is 4.98 Å². The lowest BCUT2D eigenvalue weighted by atomic mass is 10.2. The molecule has 0 bridgehead atoms. The molecule has 14 heavy (non-hydrogen) atoms. The molecular weight excluding hydrogens is 178 g/mol.